The number of hydrogen-bond acceptors (Lipinski definition) is 8. The Morgan fingerprint density at radius 1 is 0.208 bits per heavy atom. The van der Waals surface area contributed by atoms with E-state index in [1.165, 1.54) is 0 Å². The zero-order valence-corrected chi connectivity index (χ0v) is 17.8. The van der Waals surface area contributed by atoms with Crippen molar-refractivity contribution in [2.24, 2.45) is 0 Å². The molecule has 0 atom stereocenters. The van der Waals surface area contributed by atoms with E-state index >= 15 is 0 Å². The Hall–Kier alpha value is -0.320. The molecule has 0 amide bonds. The van der Waals surface area contributed by atoms with Gasteiger partial charge >= 0.3 is 0 Å². The zero-order chi connectivity index (χ0) is 14.9. The van der Waals surface area contributed by atoms with Gasteiger partial charge in [-0.15, -0.1) is 90.7 Å². The van der Waals surface area contributed by atoms with Gasteiger partial charge in [0.25, 0.3) is 0 Å². The molecule has 0 nitrogen and oxygen atoms in total. The quantitative estimate of drug-likeness (QED) is 0.216. The predicted molar refractivity (Wildman–Crippen MR) is 123 cm³/mol. The smallest absolute Gasteiger partial charge is 0.0908 e. The van der Waals surface area contributed by atoms with Crippen molar-refractivity contribution in [1.29, 1.82) is 0 Å². The van der Waals surface area contributed by atoms with Gasteiger partial charge in [0.15, 0.2) is 0 Å². The van der Waals surface area contributed by atoms with Crippen LogP contribution >= 0.6 is 90.7 Å². The summed E-state index contributed by atoms with van der Waals surface area (Å²) in [6, 6.07) is 0. The largest absolute Gasteiger partial charge is 0.113 e. The van der Waals surface area contributed by atoms with Gasteiger partial charge in [0.05, 0.1) is 32.1 Å². The van der Waals surface area contributed by atoms with E-state index in [1.807, 2.05) is 90.7 Å². The van der Waals surface area contributed by atoms with Gasteiger partial charge < -0.3 is 0 Å². The maximum absolute atomic E-state index is 2.03. The monoisotopic (exact) mass is 448 g/mol. The van der Waals surface area contributed by atoms with Crippen molar-refractivity contribution in [2.45, 2.75) is 0 Å². The van der Waals surface area contributed by atoms with Crippen LogP contribution in [0.4, 0.5) is 0 Å². The van der Waals surface area contributed by atoms with E-state index in [0.717, 1.165) is 0 Å². The minimum Gasteiger partial charge on any atom is -0.113 e. The van der Waals surface area contributed by atoms with Crippen LogP contribution in [0.5, 0.6) is 0 Å². The van der Waals surface area contributed by atoms with Crippen molar-refractivity contribution < 1.29 is 0 Å². The topological polar surface area (TPSA) is 0 Å². The Labute approximate surface area is 164 Å². The first-order valence-electron chi connectivity index (χ1n) is 7.27. The third-order valence-corrected chi connectivity index (χ3v) is 15.3. The third-order valence-electron chi connectivity index (χ3n) is 5.12. The van der Waals surface area contributed by atoms with E-state index in [-0.39, 0.29) is 0 Å². The molecule has 0 saturated heterocycles. The fourth-order valence-corrected chi connectivity index (χ4v) is 17.1. The van der Waals surface area contributed by atoms with Gasteiger partial charge in [-0.2, -0.15) is 0 Å². The summed E-state index contributed by atoms with van der Waals surface area (Å²) >= 11 is 16.3. The summed E-state index contributed by atoms with van der Waals surface area (Å²) in [6.45, 7) is 0. The summed E-state index contributed by atoms with van der Waals surface area (Å²) in [4.78, 5) is 0. The molecule has 112 valence electrons. The van der Waals surface area contributed by atoms with E-state index in [2.05, 4.69) is 0 Å². The van der Waals surface area contributed by atoms with Crippen LogP contribution in [-0.4, -0.2) is 0 Å². The highest BCUT2D eigenvalue weighted by Crippen LogP contribution is 2.63. The van der Waals surface area contributed by atoms with Gasteiger partial charge in [0.1, 0.15) is 0 Å². The first-order valence-corrected chi connectivity index (χ1v) is 13.8. The van der Waals surface area contributed by atoms with Crippen molar-refractivity contribution in [3.8, 4) is 0 Å². The number of rotatable bonds is 0. The maximum atomic E-state index is 2.03. The Bertz CT molecular complexity index is 1360. The molecule has 0 unspecified atom stereocenters. The minimum atomic E-state index is 1.55. The molecule has 8 aromatic heterocycles. The highest BCUT2D eigenvalue weighted by atomic mass is 32.2. The lowest BCUT2D eigenvalue weighted by molar-refractivity contribution is 2.38. The summed E-state index contributed by atoms with van der Waals surface area (Å²) in [6.07, 6.45) is 0. The summed E-state index contributed by atoms with van der Waals surface area (Å²) < 4.78 is 12.4. The molecule has 0 saturated carbocycles. The zero-order valence-electron chi connectivity index (χ0n) is 11.3. The van der Waals surface area contributed by atoms with Crippen molar-refractivity contribution in [3.05, 3.63) is 0 Å². The second kappa shape index (κ2) is 3.44. The second-order valence-corrected chi connectivity index (χ2v) is 16.3. The summed E-state index contributed by atoms with van der Waals surface area (Å²) in [5, 5.41) is 12.7. The average molecular weight is 449 g/mol. The molecular weight excluding hydrogens is 449 g/mol. The van der Waals surface area contributed by atoms with E-state index in [0.29, 0.717) is 0 Å². The molecule has 0 fully saturated rings. The molecule has 8 heterocycles. The fourth-order valence-electron chi connectivity index (χ4n) is 4.29. The molecular formula is C16S8. The second-order valence-electron chi connectivity index (χ2n) is 6.12. The molecule has 8 heteroatoms. The fraction of sp³-hybridized carbons (Fsp3) is 0. The summed E-state index contributed by atoms with van der Waals surface area (Å²) in [5.41, 5.74) is 0. The van der Waals surface area contributed by atoms with E-state index in [1.54, 1.807) is 75.2 Å². The average Bonchev–Trinajstić information content (AvgIpc) is 3.25. The van der Waals surface area contributed by atoms with E-state index < -0.39 is 0 Å². The van der Waals surface area contributed by atoms with Crippen LogP contribution in [0.15, 0.2) is 0 Å². The first kappa shape index (κ1) is 12.1. The number of thiophene rings is 8. The van der Waals surface area contributed by atoms with Crippen molar-refractivity contribution >= 4 is 166 Å². The molecule has 0 bridgehead atoms. The van der Waals surface area contributed by atoms with Gasteiger partial charge in [-0.3, -0.25) is 0 Å². The molecule has 0 aliphatic rings. The lowest BCUT2D eigenvalue weighted by atomic mass is 10.0. The van der Waals surface area contributed by atoms with Crippen molar-refractivity contribution in [2.75, 3.05) is 0 Å². The summed E-state index contributed by atoms with van der Waals surface area (Å²) in [7, 11) is 0. The van der Waals surface area contributed by atoms with Crippen molar-refractivity contribution in [1.82, 2.24) is 0 Å². The Morgan fingerprint density at radius 3 is 0.458 bits per heavy atom. The van der Waals surface area contributed by atoms with Crippen LogP contribution in [0, 0.1) is 0 Å². The lowest BCUT2D eigenvalue weighted by Crippen LogP contribution is -1.67. The third kappa shape index (κ3) is 1.01. The van der Waals surface area contributed by atoms with Gasteiger partial charge in [0.2, 0.25) is 0 Å². The normalized spacial score (nSPS) is 14.7. The maximum Gasteiger partial charge on any atom is 0.0908 e. The molecule has 24 heavy (non-hydrogen) atoms. The van der Waals surface area contributed by atoms with Crippen LogP contribution in [0.3, 0.4) is 0 Å². The van der Waals surface area contributed by atoms with Crippen LogP contribution in [0.1, 0.15) is 0 Å². The Kier molecular flexibility index (Phi) is 1.74. The van der Waals surface area contributed by atoms with Gasteiger partial charge in [-0.1, -0.05) is 0 Å². The molecule has 0 spiro atoms. The molecule has 0 aliphatic heterocycles. The minimum absolute atomic E-state index is 1.55. The van der Waals surface area contributed by atoms with Gasteiger partial charge in [0, 0.05) is 43.1 Å². The molecule has 1 aromatic carbocycles. The first-order chi connectivity index (χ1) is 11.9. The molecule has 0 radical (unpaired) electrons. The van der Waals surface area contributed by atoms with Crippen LogP contribution in [-0.2, 0) is 0 Å². The molecule has 0 N–H and O–H groups in total. The lowest BCUT2D eigenvalue weighted by Gasteiger charge is -1.94. The van der Waals surface area contributed by atoms with Gasteiger partial charge in [-0.05, 0) is 0 Å². The van der Waals surface area contributed by atoms with E-state index in [4.69, 9.17) is 0 Å². The van der Waals surface area contributed by atoms with Crippen molar-refractivity contribution in [3.63, 3.8) is 0 Å². The predicted octanol–water partition coefficient (Wildman–Crippen LogP) is 9.72. The molecule has 9 aromatic rings. The summed E-state index contributed by atoms with van der Waals surface area (Å²) in [5.74, 6) is 0. The van der Waals surface area contributed by atoms with Crippen LogP contribution in [0.25, 0.3) is 75.2 Å². The highest BCUT2D eigenvalue weighted by molar-refractivity contribution is 7.64. The molecule has 0 aliphatic carbocycles. The van der Waals surface area contributed by atoms with Crippen LogP contribution < -0.4 is 0 Å². The van der Waals surface area contributed by atoms with Gasteiger partial charge in [-0.25, -0.2) is 0 Å². The number of hydrogen-bond donors (Lipinski definition) is 0. The Morgan fingerprint density at radius 2 is 0.333 bits per heavy atom. The van der Waals surface area contributed by atoms with E-state index in [9.17, 15) is 0 Å². The SMILES string of the molecule is s1c2sc3sc4sc5sc6sc7sc8sc1c1c2c3c4c5c6c7c81. The Balaban J connectivity index is 1.98. The standard InChI is InChI=1S/C16S8/c17-9-1-2-4-6-8-7-5-3(1)11(18-9)20-13(5)22-15(7)24-16(8)23-14(6)21-12(4)19-10(2)17. The van der Waals surface area contributed by atoms with Crippen LogP contribution in [0.2, 0.25) is 0 Å². The highest BCUT2D eigenvalue weighted by Gasteiger charge is 2.30. The molecule has 9 rings (SSSR count).